The van der Waals surface area contributed by atoms with E-state index in [1.54, 1.807) is 51.6 Å². The summed E-state index contributed by atoms with van der Waals surface area (Å²) in [6.07, 6.45) is 0. The Balaban J connectivity index is 1.05. The Morgan fingerprint density at radius 3 is 2.34 bits per heavy atom. The molecule has 1 unspecified atom stereocenters. The third kappa shape index (κ3) is 8.82. The minimum Gasteiger partial charge on any atom is -0.508 e. The normalized spacial score (nSPS) is 16.2. The number of ether oxygens (including phenoxy) is 4. The number of nitrogens with one attached hydrogen (secondary N) is 3. The average molecular weight is 871 g/mol. The summed E-state index contributed by atoms with van der Waals surface area (Å²) in [6, 6.07) is 16.2. The molecule has 316 valence electrons. The summed E-state index contributed by atoms with van der Waals surface area (Å²) in [7, 11) is 6.22. The number of nitrogens with zero attached hydrogens (tertiary/aromatic N) is 5. The first-order valence-electron chi connectivity index (χ1n) is 18.3. The Morgan fingerprint density at radius 2 is 1.67 bits per heavy atom. The Kier molecular flexibility index (Phi) is 12.5. The molecule has 0 radical (unpaired) electrons. The van der Waals surface area contributed by atoms with Gasteiger partial charge < -0.3 is 44.8 Å². The van der Waals surface area contributed by atoms with Crippen LogP contribution in [-0.2, 0) is 28.0 Å². The highest BCUT2D eigenvalue weighted by atomic mass is 32.2. The van der Waals surface area contributed by atoms with E-state index in [0.29, 0.717) is 45.0 Å². The number of tetrazole rings is 1. The summed E-state index contributed by atoms with van der Waals surface area (Å²) in [6.45, 7) is 0.197. The number of phenols is 1. The maximum absolute atomic E-state index is 13.9. The van der Waals surface area contributed by atoms with Crippen LogP contribution >= 0.6 is 23.5 Å². The van der Waals surface area contributed by atoms with Crippen molar-refractivity contribution in [3.05, 3.63) is 111 Å². The van der Waals surface area contributed by atoms with Crippen LogP contribution < -0.4 is 35.1 Å². The molecule has 0 spiro atoms. The number of β-lactam (4-membered cyclic amide) rings is 1. The van der Waals surface area contributed by atoms with Gasteiger partial charge in [-0.3, -0.25) is 24.1 Å². The number of aromatic nitrogens is 5. The molecule has 21 heteroatoms. The number of H-pyrrole nitrogens is 1. The molecule has 4 heterocycles. The number of aliphatic carboxylic acids is 1. The number of aromatic amines is 1. The fourth-order valence-corrected chi connectivity index (χ4v) is 8.94. The number of rotatable bonds is 16. The molecule has 2 aromatic heterocycles. The molecule has 2 aliphatic heterocycles. The first-order valence-corrected chi connectivity index (χ1v) is 20.3. The molecule has 0 saturated carbocycles. The zero-order chi connectivity index (χ0) is 43.4. The highest BCUT2D eigenvalue weighted by molar-refractivity contribution is 8.01. The second kappa shape index (κ2) is 18.1. The Bertz CT molecular complexity index is 2600. The second-order valence-electron chi connectivity index (χ2n) is 13.5. The zero-order valence-electron chi connectivity index (χ0n) is 32.9. The predicted octanol–water partition coefficient (Wildman–Crippen LogP) is 2.88. The quantitative estimate of drug-likeness (QED) is 0.0707. The summed E-state index contributed by atoms with van der Waals surface area (Å²) in [5.74, 6) is -1.33. The number of benzene rings is 3. The zero-order valence-corrected chi connectivity index (χ0v) is 34.5. The van der Waals surface area contributed by atoms with Crippen LogP contribution in [0.25, 0.3) is 11.3 Å². The Hall–Kier alpha value is -7.00. The smallest absolute Gasteiger partial charge is 0.352 e. The van der Waals surface area contributed by atoms with E-state index in [1.165, 1.54) is 71.7 Å². The van der Waals surface area contributed by atoms with Crippen LogP contribution in [0, 0.1) is 0 Å². The van der Waals surface area contributed by atoms with E-state index in [2.05, 4.69) is 31.1 Å². The van der Waals surface area contributed by atoms with E-state index in [-0.39, 0.29) is 40.7 Å². The van der Waals surface area contributed by atoms with Gasteiger partial charge in [0.1, 0.15) is 41.1 Å². The number of carbonyl (C=O) groups is 4. The number of hydrogen-bond acceptors (Lipinski definition) is 15. The lowest BCUT2D eigenvalue weighted by atomic mass is 10.0. The highest BCUT2D eigenvalue weighted by Crippen LogP contribution is 2.42. The number of pyridine rings is 1. The average Bonchev–Trinajstić information content (AvgIpc) is 3.69. The van der Waals surface area contributed by atoms with Crippen molar-refractivity contribution in [2.24, 2.45) is 7.05 Å². The van der Waals surface area contributed by atoms with Crippen LogP contribution in [0.5, 0.6) is 28.7 Å². The number of carboxylic acids is 1. The molecule has 1 fully saturated rings. The van der Waals surface area contributed by atoms with Gasteiger partial charge in [-0.05, 0) is 81.7 Å². The van der Waals surface area contributed by atoms with Crippen LogP contribution in [0.15, 0.2) is 94.0 Å². The van der Waals surface area contributed by atoms with Gasteiger partial charge in [0.15, 0.2) is 23.0 Å². The number of aromatic hydroxyl groups is 1. The number of phenolic OH excluding ortho intramolecular Hbond substituents is 1. The molecule has 0 bridgehead atoms. The van der Waals surface area contributed by atoms with Crippen molar-refractivity contribution >= 4 is 47.2 Å². The second-order valence-corrected chi connectivity index (χ2v) is 15.5. The molecule has 3 aromatic carbocycles. The lowest BCUT2D eigenvalue weighted by Crippen LogP contribution is -2.71. The van der Waals surface area contributed by atoms with E-state index in [9.17, 15) is 34.2 Å². The van der Waals surface area contributed by atoms with Gasteiger partial charge >= 0.3 is 5.97 Å². The summed E-state index contributed by atoms with van der Waals surface area (Å²) in [5, 5.41) is 36.2. The van der Waals surface area contributed by atoms with Gasteiger partial charge in [-0.2, -0.15) is 0 Å². The molecular formula is C40H38N8O11S2. The van der Waals surface area contributed by atoms with Crippen molar-refractivity contribution in [2.45, 2.75) is 29.2 Å². The molecule has 1 saturated heterocycles. The topological polar surface area (TPSA) is 249 Å². The first kappa shape index (κ1) is 42.1. The molecule has 7 rings (SSSR count). The third-order valence-electron chi connectivity index (χ3n) is 9.74. The monoisotopic (exact) mass is 870 g/mol. The van der Waals surface area contributed by atoms with Crippen LogP contribution in [0.1, 0.15) is 27.5 Å². The molecule has 19 nitrogen and oxygen atoms in total. The lowest BCUT2D eigenvalue weighted by Gasteiger charge is -2.49. The first-order chi connectivity index (χ1) is 29.4. The molecule has 5 aromatic rings. The van der Waals surface area contributed by atoms with Crippen LogP contribution in [0.3, 0.4) is 0 Å². The largest absolute Gasteiger partial charge is 0.508 e. The minimum atomic E-state index is -1.43. The van der Waals surface area contributed by atoms with Gasteiger partial charge in [-0.25, -0.2) is 9.48 Å². The standard InChI is InChI=1S/C40H38N8O11S2/c1-47-40(44-45-46-47)61-19-23-18-60-38-32(37(53)48(38)33(23)39(54)55)43-36(52)31(21-6-9-24(49)10-7-21)42-35(51)25-11-12-26(41-34(25)50)22-8-14-28(30(16-22)58-4)59-17-20-5-13-27(56-2)29(15-20)57-3/h5-16,31-32,38,49H,17-19H2,1-4H3,(H,41,50)(H,42,51)(H,43,52)(H,54,55)/t31-,32?,38-/m1/s1. The lowest BCUT2D eigenvalue weighted by molar-refractivity contribution is -0.151. The van der Waals surface area contributed by atoms with E-state index in [0.717, 1.165) is 10.5 Å². The number of methoxy groups -OCH3 is 3. The molecule has 2 aliphatic rings. The van der Waals surface area contributed by atoms with Gasteiger partial charge in [0.2, 0.25) is 11.1 Å². The SMILES string of the molecule is COc1ccc(COc2ccc(-c3ccc(C(=O)N[C@@H](C(=O)NC4C(=O)N5C(C(=O)O)=C(CSc6nnnn6C)CS[C@H]45)c4ccc(O)cc4)c(=O)[nH]3)cc2OC)cc1OC. The fraction of sp³-hybridized carbons (Fsp3) is 0.250. The molecule has 3 amide bonds. The maximum Gasteiger partial charge on any atom is 0.352 e. The van der Waals surface area contributed by atoms with Crippen molar-refractivity contribution in [1.82, 2.24) is 40.7 Å². The Morgan fingerprint density at radius 1 is 0.951 bits per heavy atom. The third-order valence-corrected chi connectivity index (χ3v) is 12.2. The van der Waals surface area contributed by atoms with Gasteiger partial charge in [0.25, 0.3) is 17.4 Å². The van der Waals surface area contributed by atoms with Gasteiger partial charge in [0, 0.05) is 29.8 Å². The summed E-state index contributed by atoms with van der Waals surface area (Å²) in [5.41, 5.74) is 1.21. The van der Waals surface area contributed by atoms with Crippen molar-refractivity contribution in [3.63, 3.8) is 0 Å². The highest BCUT2D eigenvalue weighted by Gasteiger charge is 2.54. The number of aryl methyl sites for hydroxylation is 1. The summed E-state index contributed by atoms with van der Waals surface area (Å²) in [4.78, 5) is 70.7. The van der Waals surface area contributed by atoms with Gasteiger partial charge in [0.05, 0.1) is 21.3 Å². The van der Waals surface area contributed by atoms with E-state index in [4.69, 9.17) is 18.9 Å². The number of fused-ring (bicyclic) bond motifs is 1. The predicted molar refractivity (Wildman–Crippen MR) is 220 cm³/mol. The molecule has 0 aliphatic carbocycles. The molecule has 61 heavy (non-hydrogen) atoms. The van der Waals surface area contributed by atoms with E-state index >= 15 is 0 Å². The molecule has 5 N–H and O–H groups in total. The van der Waals surface area contributed by atoms with Crippen molar-refractivity contribution in [1.29, 1.82) is 0 Å². The number of hydrogen-bond donors (Lipinski definition) is 5. The van der Waals surface area contributed by atoms with Crippen LogP contribution in [-0.4, -0.2) is 108 Å². The van der Waals surface area contributed by atoms with Crippen LogP contribution in [0.4, 0.5) is 0 Å². The van der Waals surface area contributed by atoms with E-state index in [1.807, 2.05) is 6.07 Å². The van der Waals surface area contributed by atoms with Crippen molar-refractivity contribution < 1.29 is 48.3 Å². The number of amides is 3. The minimum absolute atomic E-state index is 0.101. The van der Waals surface area contributed by atoms with Gasteiger partial charge in [-0.1, -0.05) is 30.0 Å². The van der Waals surface area contributed by atoms with Gasteiger partial charge in [-0.15, -0.1) is 16.9 Å². The fourth-order valence-electron chi connectivity index (χ4n) is 6.61. The number of carboxylic acid groups (broad SMARTS) is 1. The van der Waals surface area contributed by atoms with E-state index < -0.39 is 46.7 Å². The van der Waals surface area contributed by atoms with Crippen molar-refractivity contribution in [3.8, 4) is 40.0 Å². The number of carbonyl (C=O) groups excluding carboxylic acids is 3. The summed E-state index contributed by atoms with van der Waals surface area (Å²) < 4.78 is 23.7. The number of thioether (sulfide) groups is 2. The van der Waals surface area contributed by atoms with Crippen molar-refractivity contribution in [2.75, 3.05) is 32.8 Å². The molecule has 3 atom stereocenters. The Labute approximate surface area is 355 Å². The van der Waals surface area contributed by atoms with Crippen LogP contribution in [0.2, 0.25) is 0 Å². The molecular weight excluding hydrogens is 833 g/mol. The summed E-state index contributed by atoms with van der Waals surface area (Å²) >= 11 is 2.49. The maximum atomic E-state index is 13.9.